The van der Waals surface area contributed by atoms with Crippen molar-refractivity contribution in [2.45, 2.75) is 6.54 Å². The van der Waals surface area contributed by atoms with E-state index in [1.807, 2.05) is 0 Å². The second kappa shape index (κ2) is 10.4. The monoisotopic (exact) mass is 518 g/mol. The summed E-state index contributed by atoms with van der Waals surface area (Å²) in [6.07, 6.45) is 0.823. The van der Waals surface area contributed by atoms with Gasteiger partial charge in [-0.05, 0) is 24.3 Å². The highest BCUT2D eigenvalue weighted by Crippen LogP contribution is 2.24. The summed E-state index contributed by atoms with van der Waals surface area (Å²) in [6, 6.07) is 14.5. The summed E-state index contributed by atoms with van der Waals surface area (Å²) in [5, 5.41) is 12.3. The Morgan fingerprint density at radius 2 is 1.29 bits per heavy atom. The van der Waals surface area contributed by atoms with Crippen LogP contribution in [-0.4, -0.2) is 67.9 Å². The van der Waals surface area contributed by atoms with E-state index in [0.717, 1.165) is 23.0 Å². The van der Waals surface area contributed by atoms with E-state index in [1.54, 1.807) is 43.4 Å². The van der Waals surface area contributed by atoms with Crippen LogP contribution in [0, 0.1) is 0 Å². The van der Waals surface area contributed by atoms with Gasteiger partial charge in [-0.25, -0.2) is 4.79 Å². The molecule has 3 heterocycles. The SMILES string of the molecule is COC(=O)/C=C(\O)CN1C(=O)c2ccccc2C1=O.Cn1[nH]c(CN2C(=O)c3ccccc3C2=O)cc1=O. The van der Waals surface area contributed by atoms with Crippen molar-refractivity contribution < 1.29 is 33.8 Å². The van der Waals surface area contributed by atoms with Gasteiger partial charge >= 0.3 is 5.97 Å². The number of H-pyrrole nitrogens is 1. The van der Waals surface area contributed by atoms with E-state index in [2.05, 4.69) is 9.84 Å². The highest BCUT2D eigenvalue weighted by Gasteiger charge is 2.36. The lowest BCUT2D eigenvalue weighted by molar-refractivity contribution is -0.135. The van der Waals surface area contributed by atoms with E-state index in [0.29, 0.717) is 27.9 Å². The molecule has 0 unspecified atom stereocenters. The third-order valence-corrected chi connectivity index (χ3v) is 5.83. The van der Waals surface area contributed by atoms with Crippen molar-refractivity contribution in [1.29, 1.82) is 0 Å². The number of aliphatic hydroxyl groups excluding tert-OH is 1. The summed E-state index contributed by atoms with van der Waals surface area (Å²) in [5.74, 6) is -2.82. The number of rotatable bonds is 5. The number of hydrogen-bond donors (Lipinski definition) is 2. The highest BCUT2D eigenvalue weighted by atomic mass is 16.5. The van der Waals surface area contributed by atoms with Crippen LogP contribution in [-0.2, 0) is 23.1 Å². The minimum Gasteiger partial charge on any atom is -0.510 e. The number of esters is 1. The summed E-state index contributed by atoms with van der Waals surface area (Å²) in [5.41, 5.74) is 1.72. The second-order valence-corrected chi connectivity index (χ2v) is 8.32. The van der Waals surface area contributed by atoms with Gasteiger partial charge in [0.2, 0.25) is 0 Å². The van der Waals surface area contributed by atoms with Crippen molar-refractivity contribution in [2.24, 2.45) is 7.05 Å². The number of imide groups is 2. The quantitative estimate of drug-likeness (QED) is 0.222. The molecule has 3 aromatic rings. The summed E-state index contributed by atoms with van der Waals surface area (Å²) >= 11 is 0. The number of aryl methyl sites for hydroxylation is 1. The molecule has 0 bridgehead atoms. The lowest BCUT2D eigenvalue weighted by atomic mass is 10.1. The molecule has 5 rings (SSSR count). The van der Waals surface area contributed by atoms with Gasteiger partial charge in [0.05, 0.1) is 54.2 Å². The molecule has 0 aliphatic carbocycles. The van der Waals surface area contributed by atoms with Gasteiger partial charge < -0.3 is 9.84 Å². The summed E-state index contributed by atoms with van der Waals surface area (Å²) < 4.78 is 5.64. The molecular weight excluding hydrogens is 496 g/mol. The van der Waals surface area contributed by atoms with Crippen LogP contribution >= 0.6 is 0 Å². The fourth-order valence-corrected chi connectivity index (χ4v) is 3.97. The second-order valence-electron chi connectivity index (χ2n) is 8.32. The number of amides is 4. The first-order chi connectivity index (χ1) is 18.1. The fraction of sp³-hybridized carbons (Fsp3) is 0.154. The minimum absolute atomic E-state index is 0.0719. The van der Waals surface area contributed by atoms with Gasteiger partial charge in [-0.1, -0.05) is 24.3 Å². The minimum atomic E-state index is -0.755. The van der Waals surface area contributed by atoms with Crippen molar-refractivity contribution in [2.75, 3.05) is 13.7 Å². The average molecular weight is 518 g/mol. The van der Waals surface area contributed by atoms with E-state index in [9.17, 15) is 33.9 Å². The van der Waals surface area contributed by atoms with Crippen LogP contribution in [0.1, 0.15) is 47.1 Å². The smallest absolute Gasteiger partial charge is 0.333 e. The Hall–Kier alpha value is -5.26. The predicted molar refractivity (Wildman–Crippen MR) is 131 cm³/mol. The number of aromatic amines is 1. The normalized spacial score (nSPS) is 14.3. The number of carbonyl (C=O) groups excluding carboxylic acids is 5. The number of hydrogen-bond acceptors (Lipinski definition) is 8. The summed E-state index contributed by atoms with van der Waals surface area (Å²) in [6.45, 7) is -0.288. The van der Waals surface area contributed by atoms with Crippen LogP contribution in [0.25, 0.3) is 0 Å². The van der Waals surface area contributed by atoms with Crippen molar-refractivity contribution >= 4 is 29.6 Å². The number of nitrogens with zero attached hydrogens (tertiary/aromatic N) is 3. The first-order valence-electron chi connectivity index (χ1n) is 11.2. The molecule has 194 valence electrons. The molecule has 1 aromatic heterocycles. The number of fused-ring (bicyclic) bond motifs is 2. The molecule has 0 spiro atoms. The van der Waals surface area contributed by atoms with Crippen LogP contribution < -0.4 is 5.56 Å². The molecule has 0 radical (unpaired) electrons. The van der Waals surface area contributed by atoms with Gasteiger partial charge in [0.25, 0.3) is 29.2 Å². The first kappa shape index (κ1) is 25.8. The van der Waals surface area contributed by atoms with Crippen molar-refractivity contribution in [3.8, 4) is 0 Å². The van der Waals surface area contributed by atoms with Crippen LogP contribution in [0.2, 0.25) is 0 Å². The van der Waals surface area contributed by atoms with Crippen LogP contribution in [0.4, 0.5) is 0 Å². The van der Waals surface area contributed by atoms with Crippen molar-refractivity contribution in [3.05, 3.63) is 105 Å². The molecule has 38 heavy (non-hydrogen) atoms. The molecular formula is C26H22N4O8. The van der Waals surface area contributed by atoms with Crippen molar-refractivity contribution in [3.63, 3.8) is 0 Å². The lowest BCUT2D eigenvalue weighted by Gasteiger charge is -2.12. The Morgan fingerprint density at radius 3 is 1.68 bits per heavy atom. The molecule has 0 fully saturated rings. The van der Waals surface area contributed by atoms with Gasteiger partial charge in [0, 0.05) is 13.1 Å². The van der Waals surface area contributed by atoms with Crippen LogP contribution in [0.15, 0.2) is 71.2 Å². The molecule has 2 N–H and O–H groups in total. The Bertz CT molecular complexity index is 1490. The van der Waals surface area contributed by atoms with Gasteiger partial charge in [-0.2, -0.15) is 0 Å². The highest BCUT2D eigenvalue weighted by molar-refractivity contribution is 6.22. The number of ether oxygens (including phenoxy) is 1. The third-order valence-electron chi connectivity index (χ3n) is 5.83. The maximum absolute atomic E-state index is 12.1. The number of aromatic nitrogens is 2. The molecule has 2 aliphatic rings. The Morgan fingerprint density at radius 1 is 0.842 bits per heavy atom. The number of benzene rings is 2. The van der Waals surface area contributed by atoms with Gasteiger partial charge in [0.15, 0.2) is 0 Å². The average Bonchev–Trinajstić information content (AvgIpc) is 3.45. The number of aliphatic hydroxyl groups is 1. The maximum atomic E-state index is 12.1. The summed E-state index contributed by atoms with van der Waals surface area (Å²) in [7, 11) is 2.74. The van der Waals surface area contributed by atoms with E-state index in [4.69, 9.17) is 0 Å². The van der Waals surface area contributed by atoms with E-state index < -0.39 is 23.5 Å². The lowest BCUT2D eigenvalue weighted by Crippen LogP contribution is -2.31. The van der Waals surface area contributed by atoms with E-state index >= 15 is 0 Å². The van der Waals surface area contributed by atoms with E-state index in [-0.39, 0.29) is 30.5 Å². The zero-order valence-electron chi connectivity index (χ0n) is 20.3. The van der Waals surface area contributed by atoms with Crippen LogP contribution in [0.3, 0.4) is 0 Å². The van der Waals surface area contributed by atoms with Gasteiger partial charge in [-0.3, -0.25) is 43.6 Å². The molecule has 4 amide bonds. The molecule has 12 heteroatoms. The third kappa shape index (κ3) is 4.87. The van der Waals surface area contributed by atoms with Gasteiger partial charge in [0.1, 0.15) is 5.76 Å². The fourth-order valence-electron chi connectivity index (χ4n) is 3.97. The molecule has 0 saturated carbocycles. The van der Waals surface area contributed by atoms with Crippen LogP contribution in [0.5, 0.6) is 0 Å². The zero-order chi connectivity index (χ0) is 27.6. The topological polar surface area (TPSA) is 159 Å². The number of nitrogens with one attached hydrogen (secondary N) is 1. The standard InChI is InChI=1S/C13H11N3O3.C13H11NO5/c1-15-11(17)6-8(14-15)7-16-12(18)9-4-2-3-5-10(9)13(16)19;1-19-11(16)6-8(15)7-14-12(17)9-4-2-3-5-10(9)13(14)18/h2-6,14H,7H2,1H3;2-6,15H,7H2,1H3/b;8-6-. The van der Waals surface area contributed by atoms with Gasteiger partial charge in [-0.15, -0.1) is 0 Å². The Balaban J connectivity index is 0.000000177. The molecule has 2 aliphatic heterocycles. The molecule has 0 atom stereocenters. The molecule has 0 saturated heterocycles. The largest absolute Gasteiger partial charge is 0.510 e. The molecule has 2 aromatic carbocycles. The number of carbonyl (C=O) groups is 5. The van der Waals surface area contributed by atoms with E-state index in [1.165, 1.54) is 22.9 Å². The maximum Gasteiger partial charge on any atom is 0.333 e. The zero-order valence-corrected chi connectivity index (χ0v) is 20.3. The first-order valence-corrected chi connectivity index (χ1v) is 11.2. The summed E-state index contributed by atoms with van der Waals surface area (Å²) in [4.78, 5) is 72.4. The Labute approximate surface area is 215 Å². The van der Waals surface area contributed by atoms with Crippen molar-refractivity contribution in [1.82, 2.24) is 19.6 Å². The Kier molecular flexibility index (Phi) is 7.06. The number of methoxy groups -OCH3 is 1. The predicted octanol–water partition coefficient (Wildman–Crippen LogP) is 1.41. The molecule has 12 nitrogen and oxygen atoms in total.